The van der Waals surface area contributed by atoms with E-state index in [-0.39, 0.29) is 12.5 Å². The van der Waals surface area contributed by atoms with E-state index in [0.29, 0.717) is 0 Å². The van der Waals surface area contributed by atoms with E-state index in [0.717, 1.165) is 27.8 Å². The van der Waals surface area contributed by atoms with Crippen LogP contribution in [0.2, 0.25) is 0 Å². The quantitative estimate of drug-likeness (QED) is 0.632. The maximum Gasteiger partial charge on any atom is 0.277 e. The average Bonchev–Trinajstić information content (AvgIpc) is 2.55. The van der Waals surface area contributed by atoms with Crippen molar-refractivity contribution in [3.05, 3.63) is 64.1 Å². The zero-order chi connectivity index (χ0) is 15.8. The Morgan fingerprint density at radius 1 is 1.23 bits per heavy atom. The second-order valence-corrected chi connectivity index (χ2v) is 5.51. The van der Waals surface area contributed by atoms with Crippen LogP contribution < -0.4 is 10.2 Å². The average molecular weight is 361 g/mol. The van der Waals surface area contributed by atoms with E-state index in [2.05, 4.69) is 26.5 Å². The number of carbonyl (C=O) groups excluding carboxylic acids is 1. The summed E-state index contributed by atoms with van der Waals surface area (Å²) < 4.78 is 6.51. The van der Waals surface area contributed by atoms with Crippen molar-refractivity contribution in [2.24, 2.45) is 5.10 Å². The van der Waals surface area contributed by atoms with Gasteiger partial charge in [-0.3, -0.25) is 4.79 Å². The summed E-state index contributed by atoms with van der Waals surface area (Å²) in [4.78, 5) is 11.7. The molecule has 0 radical (unpaired) electrons. The first-order valence-corrected chi connectivity index (χ1v) is 7.76. The van der Waals surface area contributed by atoms with Crippen LogP contribution in [0, 0.1) is 0 Å². The molecule has 0 bridgehead atoms. The van der Waals surface area contributed by atoms with Crippen LogP contribution in [-0.4, -0.2) is 18.7 Å². The van der Waals surface area contributed by atoms with E-state index < -0.39 is 0 Å². The number of nitrogens with zero attached hydrogens (tertiary/aromatic N) is 1. The van der Waals surface area contributed by atoms with Crippen molar-refractivity contribution in [1.29, 1.82) is 0 Å². The van der Waals surface area contributed by atoms with Gasteiger partial charge in [-0.1, -0.05) is 53.2 Å². The Kier molecular flexibility index (Phi) is 6.15. The number of ether oxygens (including phenoxy) is 1. The van der Waals surface area contributed by atoms with Crippen LogP contribution in [0.25, 0.3) is 0 Å². The first-order valence-electron chi connectivity index (χ1n) is 6.97. The summed E-state index contributed by atoms with van der Waals surface area (Å²) in [6, 6.07) is 15.3. The monoisotopic (exact) mass is 360 g/mol. The third-order valence-electron chi connectivity index (χ3n) is 2.99. The summed E-state index contributed by atoms with van der Waals surface area (Å²) in [7, 11) is 0. The molecular weight excluding hydrogens is 344 g/mol. The van der Waals surface area contributed by atoms with E-state index in [9.17, 15) is 4.79 Å². The van der Waals surface area contributed by atoms with Gasteiger partial charge in [0.25, 0.3) is 5.91 Å². The van der Waals surface area contributed by atoms with Crippen molar-refractivity contribution in [2.45, 2.75) is 13.3 Å². The molecular formula is C17H17BrN2O2. The number of hydrazone groups is 1. The summed E-state index contributed by atoms with van der Waals surface area (Å²) in [5, 5.41) is 3.91. The predicted molar refractivity (Wildman–Crippen MR) is 91.2 cm³/mol. The van der Waals surface area contributed by atoms with Crippen molar-refractivity contribution >= 4 is 28.1 Å². The maximum absolute atomic E-state index is 11.7. The summed E-state index contributed by atoms with van der Waals surface area (Å²) >= 11 is 3.36. The first kappa shape index (κ1) is 16.2. The molecule has 0 fully saturated rings. The molecule has 114 valence electrons. The lowest BCUT2D eigenvalue weighted by molar-refractivity contribution is -0.123. The van der Waals surface area contributed by atoms with Crippen LogP contribution in [0.15, 0.2) is 58.1 Å². The molecule has 5 heteroatoms. The number of hydrogen-bond donors (Lipinski definition) is 1. The smallest absolute Gasteiger partial charge is 0.277 e. The molecule has 4 nitrogen and oxygen atoms in total. The van der Waals surface area contributed by atoms with Gasteiger partial charge in [-0.15, -0.1) is 0 Å². The topological polar surface area (TPSA) is 50.7 Å². The van der Waals surface area contributed by atoms with Gasteiger partial charge >= 0.3 is 0 Å². The maximum atomic E-state index is 11.7. The molecule has 0 saturated carbocycles. The number of hydrogen-bond acceptors (Lipinski definition) is 3. The van der Waals surface area contributed by atoms with E-state index in [1.165, 1.54) is 0 Å². The highest BCUT2D eigenvalue weighted by Gasteiger charge is 2.04. The summed E-state index contributed by atoms with van der Waals surface area (Å²) in [5.74, 6) is 0.441. The Bertz CT molecular complexity index is 654. The van der Waals surface area contributed by atoms with Crippen molar-refractivity contribution in [2.75, 3.05) is 6.61 Å². The highest BCUT2D eigenvalue weighted by Crippen LogP contribution is 2.17. The van der Waals surface area contributed by atoms with Gasteiger partial charge in [-0.2, -0.15) is 5.10 Å². The Labute approximate surface area is 138 Å². The molecule has 0 aliphatic heterocycles. The second-order valence-electron chi connectivity index (χ2n) is 4.59. The minimum atomic E-state index is -0.292. The van der Waals surface area contributed by atoms with Crippen LogP contribution in [0.4, 0.5) is 0 Å². The van der Waals surface area contributed by atoms with Crippen molar-refractivity contribution < 1.29 is 9.53 Å². The molecule has 1 amide bonds. The summed E-state index contributed by atoms with van der Waals surface area (Å²) in [5.41, 5.74) is 4.43. The number of amides is 1. The number of carbonyl (C=O) groups is 1. The lowest BCUT2D eigenvalue weighted by atomic mass is 10.1. The van der Waals surface area contributed by atoms with Gasteiger partial charge in [0, 0.05) is 4.47 Å². The molecule has 0 aromatic heterocycles. The first-order chi connectivity index (χ1) is 10.7. The van der Waals surface area contributed by atoms with Gasteiger partial charge < -0.3 is 4.74 Å². The highest BCUT2D eigenvalue weighted by atomic mass is 79.9. The molecule has 0 atom stereocenters. The van der Waals surface area contributed by atoms with Crippen molar-refractivity contribution in [1.82, 2.24) is 5.43 Å². The third-order valence-corrected chi connectivity index (χ3v) is 3.51. The molecule has 22 heavy (non-hydrogen) atoms. The molecule has 1 N–H and O–H groups in total. The fourth-order valence-electron chi connectivity index (χ4n) is 1.84. The van der Waals surface area contributed by atoms with E-state index in [1.54, 1.807) is 6.21 Å². The van der Waals surface area contributed by atoms with E-state index in [1.807, 2.05) is 55.5 Å². The SMILES string of the molecule is CCc1ccccc1OCC(=O)N/N=C/c1ccc(Br)cc1. The van der Waals surface area contributed by atoms with E-state index >= 15 is 0 Å². The Hall–Kier alpha value is -2.14. The van der Waals surface area contributed by atoms with Crippen LogP contribution in [0.5, 0.6) is 5.75 Å². The van der Waals surface area contributed by atoms with Crippen molar-refractivity contribution in [3.63, 3.8) is 0 Å². The number of para-hydroxylation sites is 1. The molecule has 2 aromatic rings. The lowest BCUT2D eigenvalue weighted by Gasteiger charge is -2.08. The van der Waals surface area contributed by atoms with Crippen molar-refractivity contribution in [3.8, 4) is 5.75 Å². The fourth-order valence-corrected chi connectivity index (χ4v) is 2.10. The summed E-state index contributed by atoms with van der Waals surface area (Å²) in [6.45, 7) is 1.99. The van der Waals surface area contributed by atoms with E-state index in [4.69, 9.17) is 4.74 Å². The van der Waals surface area contributed by atoms with Gasteiger partial charge in [0.1, 0.15) is 5.75 Å². The van der Waals surface area contributed by atoms with Gasteiger partial charge in [-0.05, 0) is 35.7 Å². The zero-order valence-corrected chi connectivity index (χ0v) is 13.8. The third kappa shape index (κ3) is 5.00. The molecule has 2 aromatic carbocycles. The number of halogens is 1. The predicted octanol–water partition coefficient (Wildman–Crippen LogP) is 3.54. The highest BCUT2D eigenvalue weighted by molar-refractivity contribution is 9.10. The largest absolute Gasteiger partial charge is 0.483 e. The molecule has 0 saturated heterocycles. The number of benzene rings is 2. The number of aryl methyl sites for hydroxylation is 1. The standard InChI is InChI=1S/C17H17BrN2O2/c1-2-14-5-3-4-6-16(14)22-12-17(21)20-19-11-13-7-9-15(18)10-8-13/h3-11H,2,12H2,1H3,(H,20,21)/b19-11+. The minimum absolute atomic E-state index is 0.0608. The normalized spacial score (nSPS) is 10.6. The van der Waals surface area contributed by atoms with Crippen LogP contribution >= 0.6 is 15.9 Å². The molecule has 2 rings (SSSR count). The van der Waals surface area contributed by atoms with Crippen LogP contribution in [0.1, 0.15) is 18.1 Å². The van der Waals surface area contributed by atoms with Gasteiger partial charge in [0.15, 0.2) is 6.61 Å². The minimum Gasteiger partial charge on any atom is -0.483 e. The summed E-state index contributed by atoms with van der Waals surface area (Å²) in [6.07, 6.45) is 2.45. The molecule has 0 aliphatic rings. The van der Waals surface area contributed by atoms with Gasteiger partial charge in [0.2, 0.25) is 0 Å². The van der Waals surface area contributed by atoms with Crippen LogP contribution in [-0.2, 0) is 11.2 Å². The molecule has 0 heterocycles. The Morgan fingerprint density at radius 3 is 2.68 bits per heavy atom. The molecule has 0 unspecified atom stereocenters. The lowest BCUT2D eigenvalue weighted by Crippen LogP contribution is -2.24. The van der Waals surface area contributed by atoms with Gasteiger partial charge in [0.05, 0.1) is 6.21 Å². The Balaban J connectivity index is 1.82. The van der Waals surface area contributed by atoms with Crippen LogP contribution in [0.3, 0.4) is 0 Å². The number of nitrogens with one attached hydrogen (secondary N) is 1. The molecule has 0 spiro atoms. The Morgan fingerprint density at radius 2 is 1.95 bits per heavy atom. The number of rotatable bonds is 6. The molecule has 0 aliphatic carbocycles. The van der Waals surface area contributed by atoms with Gasteiger partial charge in [-0.25, -0.2) is 5.43 Å². The fraction of sp³-hybridized carbons (Fsp3) is 0.176. The zero-order valence-electron chi connectivity index (χ0n) is 12.3. The second kappa shape index (κ2) is 8.34.